The molecule has 3 rings (SSSR count). The van der Waals surface area contributed by atoms with Crippen molar-refractivity contribution in [2.24, 2.45) is 0 Å². The van der Waals surface area contributed by atoms with Gasteiger partial charge in [-0.05, 0) is 25.7 Å². The second-order valence-corrected chi connectivity index (χ2v) is 4.92. The normalized spacial score (nSPS) is 24.8. The van der Waals surface area contributed by atoms with Crippen LogP contribution >= 0.6 is 0 Å². The molecule has 1 aromatic heterocycles. The van der Waals surface area contributed by atoms with E-state index in [2.05, 4.69) is 10.3 Å². The zero-order valence-corrected chi connectivity index (χ0v) is 9.84. The third kappa shape index (κ3) is 1.99. The van der Waals surface area contributed by atoms with Gasteiger partial charge >= 0.3 is 0 Å². The van der Waals surface area contributed by atoms with Crippen molar-refractivity contribution in [3.05, 3.63) is 11.4 Å². The van der Waals surface area contributed by atoms with E-state index in [9.17, 15) is 4.79 Å². The molecule has 92 valence electrons. The predicted molar refractivity (Wildman–Crippen MR) is 61.0 cm³/mol. The van der Waals surface area contributed by atoms with E-state index in [0.29, 0.717) is 11.6 Å². The number of carbonyl (C=O) groups is 1. The molecule has 2 heterocycles. The first-order valence-electron chi connectivity index (χ1n) is 6.38. The molecule has 1 atom stereocenters. The van der Waals surface area contributed by atoms with Gasteiger partial charge in [-0.25, -0.2) is 4.68 Å². The van der Waals surface area contributed by atoms with E-state index in [1.54, 1.807) is 0 Å². The van der Waals surface area contributed by atoms with Crippen LogP contribution in [0, 0.1) is 0 Å². The van der Waals surface area contributed by atoms with Gasteiger partial charge in [-0.3, -0.25) is 4.79 Å². The molecule has 17 heavy (non-hydrogen) atoms. The summed E-state index contributed by atoms with van der Waals surface area (Å²) in [4.78, 5) is 11.0. The molecule has 0 aromatic carbocycles. The molecule has 1 saturated heterocycles. The summed E-state index contributed by atoms with van der Waals surface area (Å²) in [6, 6.07) is 0. The zero-order valence-electron chi connectivity index (χ0n) is 9.84. The van der Waals surface area contributed by atoms with Crippen LogP contribution in [-0.2, 0) is 11.3 Å². The van der Waals surface area contributed by atoms with Crippen molar-refractivity contribution in [1.82, 2.24) is 15.0 Å². The molecule has 1 aromatic rings. The molecule has 5 nitrogen and oxygen atoms in total. The third-order valence-electron chi connectivity index (χ3n) is 3.80. The lowest BCUT2D eigenvalue weighted by atomic mass is 9.82. The Balaban J connectivity index is 1.81. The monoisotopic (exact) mass is 235 g/mol. The molecule has 0 bridgehead atoms. The number of aromatic nitrogens is 3. The minimum atomic E-state index is 0.245. The second-order valence-electron chi connectivity index (χ2n) is 4.92. The molecule has 1 saturated carbocycles. The van der Waals surface area contributed by atoms with Gasteiger partial charge in [0.1, 0.15) is 5.69 Å². The number of hydrogen-bond donors (Lipinski definition) is 0. The maximum absolute atomic E-state index is 11.0. The topological polar surface area (TPSA) is 57.0 Å². The van der Waals surface area contributed by atoms with E-state index in [4.69, 9.17) is 4.74 Å². The van der Waals surface area contributed by atoms with E-state index in [-0.39, 0.29) is 6.10 Å². The van der Waals surface area contributed by atoms with Crippen molar-refractivity contribution >= 4 is 6.29 Å². The Morgan fingerprint density at radius 3 is 2.82 bits per heavy atom. The summed E-state index contributed by atoms with van der Waals surface area (Å²) in [6.07, 6.45) is 6.83. The summed E-state index contributed by atoms with van der Waals surface area (Å²) in [5, 5.41) is 8.08. The van der Waals surface area contributed by atoms with E-state index in [1.165, 1.54) is 6.42 Å². The van der Waals surface area contributed by atoms with Crippen LogP contribution in [0.2, 0.25) is 0 Å². The molecule has 1 aliphatic carbocycles. The number of hydrogen-bond acceptors (Lipinski definition) is 4. The molecule has 1 aliphatic heterocycles. The van der Waals surface area contributed by atoms with Crippen molar-refractivity contribution in [3.8, 4) is 0 Å². The lowest BCUT2D eigenvalue weighted by Gasteiger charge is -2.26. The summed E-state index contributed by atoms with van der Waals surface area (Å²) in [5.41, 5.74) is 1.55. The first-order chi connectivity index (χ1) is 8.38. The average molecular weight is 235 g/mol. The lowest BCUT2D eigenvalue weighted by Crippen LogP contribution is -2.22. The van der Waals surface area contributed by atoms with Gasteiger partial charge in [0.05, 0.1) is 18.3 Å². The van der Waals surface area contributed by atoms with Gasteiger partial charge in [0.25, 0.3) is 0 Å². The van der Waals surface area contributed by atoms with Crippen molar-refractivity contribution in [3.63, 3.8) is 0 Å². The largest absolute Gasteiger partial charge is 0.376 e. The summed E-state index contributed by atoms with van der Waals surface area (Å²) in [5.74, 6) is 0.478. The highest BCUT2D eigenvalue weighted by Gasteiger charge is 2.29. The Hall–Kier alpha value is -1.23. The molecular formula is C12H17N3O2. The molecule has 2 fully saturated rings. The van der Waals surface area contributed by atoms with E-state index < -0.39 is 0 Å². The molecule has 0 amide bonds. The number of nitrogens with zero attached hydrogens (tertiary/aromatic N) is 3. The fourth-order valence-corrected chi connectivity index (χ4v) is 2.64. The summed E-state index contributed by atoms with van der Waals surface area (Å²) in [6.45, 7) is 1.59. The smallest absolute Gasteiger partial charge is 0.172 e. The van der Waals surface area contributed by atoms with Crippen molar-refractivity contribution < 1.29 is 9.53 Å². The quantitative estimate of drug-likeness (QED) is 0.743. The van der Waals surface area contributed by atoms with Crippen LogP contribution in [0.3, 0.4) is 0 Å². The lowest BCUT2D eigenvalue weighted by molar-refractivity contribution is 0.0918. The Labute approximate surface area is 100 Å². The Morgan fingerprint density at radius 2 is 2.24 bits per heavy atom. The molecule has 5 heteroatoms. The molecule has 0 radical (unpaired) electrons. The van der Waals surface area contributed by atoms with Gasteiger partial charge in [-0.2, -0.15) is 0 Å². The Bertz CT molecular complexity index is 406. The fourth-order valence-electron chi connectivity index (χ4n) is 2.64. The van der Waals surface area contributed by atoms with Crippen molar-refractivity contribution in [2.45, 2.75) is 50.7 Å². The van der Waals surface area contributed by atoms with Gasteiger partial charge in [-0.15, -0.1) is 5.10 Å². The number of rotatable bonds is 4. The SMILES string of the molecule is O=Cc1nnn(CC2CCCO2)c1C1CCC1. The second kappa shape index (κ2) is 4.56. The van der Waals surface area contributed by atoms with Crippen LogP contribution in [0.15, 0.2) is 0 Å². The van der Waals surface area contributed by atoms with E-state index >= 15 is 0 Å². The van der Waals surface area contributed by atoms with Gasteiger partial charge in [0, 0.05) is 12.5 Å². The van der Waals surface area contributed by atoms with E-state index in [0.717, 1.165) is 50.8 Å². The van der Waals surface area contributed by atoms with Crippen LogP contribution < -0.4 is 0 Å². The van der Waals surface area contributed by atoms with Gasteiger partial charge < -0.3 is 4.74 Å². The fraction of sp³-hybridized carbons (Fsp3) is 0.750. The summed E-state index contributed by atoms with van der Waals surface area (Å²) >= 11 is 0. The minimum absolute atomic E-state index is 0.245. The molecule has 0 spiro atoms. The Morgan fingerprint density at radius 1 is 1.35 bits per heavy atom. The van der Waals surface area contributed by atoms with Crippen LogP contribution in [0.4, 0.5) is 0 Å². The first kappa shape index (κ1) is 10.9. The third-order valence-corrected chi connectivity index (χ3v) is 3.80. The van der Waals surface area contributed by atoms with Crippen LogP contribution in [0.25, 0.3) is 0 Å². The molecule has 1 unspecified atom stereocenters. The predicted octanol–water partition coefficient (Wildman–Crippen LogP) is 1.54. The van der Waals surface area contributed by atoms with Gasteiger partial charge in [0.2, 0.25) is 0 Å². The van der Waals surface area contributed by atoms with Crippen LogP contribution in [0.1, 0.15) is 54.2 Å². The van der Waals surface area contributed by atoms with Gasteiger partial charge in [-0.1, -0.05) is 11.6 Å². The minimum Gasteiger partial charge on any atom is -0.376 e. The highest BCUT2D eigenvalue weighted by Crippen LogP contribution is 2.37. The van der Waals surface area contributed by atoms with Crippen LogP contribution in [0.5, 0.6) is 0 Å². The average Bonchev–Trinajstić information content (AvgIpc) is 2.88. The molecule has 2 aliphatic rings. The van der Waals surface area contributed by atoms with Crippen LogP contribution in [-0.4, -0.2) is 34.0 Å². The molecular weight excluding hydrogens is 218 g/mol. The number of carbonyl (C=O) groups excluding carboxylic acids is 1. The Kier molecular flexibility index (Phi) is 2.93. The maximum atomic E-state index is 11.0. The maximum Gasteiger partial charge on any atom is 0.172 e. The summed E-state index contributed by atoms with van der Waals surface area (Å²) < 4.78 is 7.50. The van der Waals surface area contributed by atoms with Gasteiger partial charge in [0.15, 0.2) is 6.29 Å². The van der Waals surface area contributed by atoms with E-state index in [1.807, 2.05) is 4.68 Å². The molecule has 0 N–H and O–H groups in total. The highest BCUT2D eigenvalue weighted by molar-refractivity contribution is 5.73. The van der Waals surface area contributed by atoms with Crippen molar-refractivity contribution in [1.29, 1.82) is 0 Å². The standard InChI is InChI=1S/C12H17N3O2/c16-8-11-12(9-3-1-4-9)15(14-13-11)7-10-5-2-6-17-10/h8-10H,1-7H2. The number of ether oxygens (including phenoxy) is 1. The van der Waals surface area contributed by atoms with Crippen molar-refractivity contribution in [2.75, 3.05) is 6.61 Å². The summed E-state index contributed by atoms with van der Waals surface area (Å²) in [7, 11) is 0. The highest BCUT2D eigenvalue weighted by atomic mass is 16.5. The first-order valence-corrected chi connectivity index (χ1v) is 6.38. The number of aldehydes is 1. The zero-order chi connectivity index (χ0) is 11.7.